The molecule has 2 aromatic heterocycles. The van der Waals surface area contributed by atoms with Gasteiger partial charge in [0.25, 0.3) is 5.89 Å². The van der Waals surface area contributed by atoms with Gasteiger partial charge in [-0.05, 0) is 17.7 Å². The van der Waals surface area contributed by atoms with E-state index >= 15 is 0 Å². The van der Waals surface area contributed by atoms with Crippen LogP contribution in [0.1, 0.15) is 17.3 Å². The average molecular weight is 339 g/mol. The van der Waals surface area contributed by atoms with Crippen molar-refractivity contribution >= 4 is 0 Å². The Balaban J connectivity index is 1.46. The van der Waals surface area contributed by atoms with Gasteiger partial charge in [0.1, 0.15) is 0 Å². The highest BCUT2D eigenvalue weighted by Gasteiger charge is 2.34. The predicted octanol–water partition coefficient (Wildman–Crippen LogP) is 1.68. The molecule has 1 aromatic carbocycles. The third kappa shape index (κ3) is 3.33. The number of aliphatic hydroxyl groups is 1. The second-order valence-corrected chi connectivity index (χ2v) is 6.57. The van der Waals surface area contributed by atoms with Crippen LogP contribution in [-0.2, 0) is 13.6 Å². The number of benzene rings is 1. The van der Waals surface area contributed by atoms with Crippen molar-refractivity contribution in [3.05, 3.63) is 54.1 Å². The zero-order valence-electron chi connectivity index (χ0n) is 14.1. The summed E-state index contributed by atoms with van der Waals surface area (Å²) in [6.45, 7) is 2.44. The van der Waals surface area contributed by atoms with Crippen molar-refractivity contribution in [2.75, 3.05) is 19.7 Å². The van der Waals surface area contributed by atoms with E-state index in [1.807, 2.05) is 49.8 Å². The maximum atomic E-state index is 9.74. The minimum absolute atomic E-state index is 0.164. The van der Waals surface area contributed by atoms with Gasteiger partial charge in [-0.1, -0.05) is 23.4 Å². The molecule has 0 spiro atoms. The number of aromatic nitrogens is 4. The normalized spacial score (nSPS) is 21.0. The Morgan fingerprint density at radius 3 is 2.80 bits per heavy atom. The molecule has 7 nitrogen and oxygen atoms in total. The fourth-order valence-corrected chi connectivity index (χ4v) is 3.50. The first-order chi connectivity index (χ1) is 12.2. The van der Waals surface area contributed by atoms with Crippen LogP contribution in [0.3, 0.4) is 0 Å². The van der Waals surface area contributed by atoms with Crippen LogP contribution in [0.4, 0.5) is 0 Å². The van der Waals surface area contributed by atoms with Crippen LogP contribution in [0.2, 0.25) is 0 Å². The summed E-state index contributed by atoms with van der Waals surface area (Å²) in [5.41, 5.74) is 2.09. The summed E-state index contributed by atoms with van der Waals surface area (Å²) < 4.78 is 7.18. The van der Waals surface area contributed by atoms with Crippen LogP contribution in [0.15, 0.2) is 47.2 Å². The number of nitrogens with zero attached hydrogens (tertiary/aromatic N) is 5. The summed E-state index contributed by atoms with van der Waals surface area (Å²) in [5.74, 6) is 1.68. The Morgan fingerprint density at radius 1 is 1.24 bits per heavy atom. The van der Waals surface area contributed by atoms with Crippen molar-refractivity contribution in [2.24, 2.45) is 13.0 Å². The van der Waals surface area contributed by atoms with Gasteiger partial charge in [0.2, 0.25) is 0 Å². The molecule has 1 aliphatic rings. The molecule has 130 valence electrons. The van der Waals surface area contributed by atoms with Crippen LogP contribution < -0.4 is 0 Å². The first kappa shape index (κ1) is 16.0. The average Bonchev–Trinajstić information content (AvgIpc) is 3.35. The fourth-order valence-electron chi connectivity index (χ4n) is 3.50. The number of hydrogen-bond donors (Lipinski definition) is 1. The first-order valence-corrected chi connectivity index (χ1v) is 8.42. The quantitative estimate of drug-likeness (QED) is 0.762. The third-order valence-electron chi connectivity index (χ3n) is 4.76. The molecule has 3 heterocycles. The fraction of sp³-hybridized carbons (Fsp3) is 0.389. The van der Waals surface area contributed by atoms with E-state index in [1.165, 1.54) is 5.56 Å². The standard InChI is InChI=1S/C18H21N5O2/c1-22-8-14(7-19-22)16-10-23(9-15(16)12-24)11-17-20-18(25-21-17)13-5-3-2-4-6-13/h2-8,15-16,24H,9-12H2,1H3/t15-,16-/m0/s1. The summed E-state index contributed by atoms with van der Waals surface area (Å²) in [6, 6.07) is 9.76. The van der Waals surface area contributed by atoms with E-state index in [2.05, 4.69) is 20.1 Å². The maximum absolute atomic E-state index is 9.74. The monoisotopic (exact) mass is 339 g/mol. The Labute approximate surface area is 145 Å². The van der Waals surface area contributed by atoms with Crippen LogP contribution in [0.25, 0.3) is 11.5 Å². The molecule has 1 saturated heterocycles. The molecule has 1 fully saturated rings. The van der Waals surface area contributed by atoms with Crippen molar-refractivity contribution in [2.45, 2.75) is 12.5 Å². The first-order valence-electron chi connectivity index (χ1n) is 8.42. The van der Waals surface area contributed by atoms with Crippen molar-refractivity contribution in [1.82, 2.24) is 24.8 Å². The molecule has 0 amide bonds. The van der Waals surface area contributed by atoms with Crippen LogP contribution in [0, 0.1) is 5.92 Å². The Morgan fingerprint density at radius 2 is 2.08 bits per heavy atom. The molecule has 7 heteroatoms. The van der Waals surface area contributed by atoms with Gasteiger partial charge in [0.15, 0.2) is 5.82 Å². The Hall–Kier alpha value is -2.51. The van der Waals surface area contributed by atoms with Crippen LogP contribution >= 0.6 is 0 Å². The molecule has 25 heavy (non-hydrogen) atoms. The van der Waals surface area contributed by atoms with Gasteiger partial charge in [0.05, 0.1) is 12.7 Å². The van der Waals surface area contributed by atoms with Crippen LogP contribution in [0.5, 0.6) is 0 Å². The van der Waals surface area contributed by atoms with Crippen molar-refractivity contribution < 1.29 is 9.63 Å². The van der Waals surface area contributed by atoms with Gasteiger partial charge in [-0.3, -0.25) is 9.58 Å². The SMILES string of the molecule is Cn1cc([C@@H]2CN(Cc3noc(-c4ccccc4)n3)C[C@H]2CO)cn1. The molecule has 2 atom stereocenters. The lowest BCUT2D eigenvalue weighted by Crippen LogP contribution is -2.21. The third-order valence-corrected chi connectivity index (χ3v) is 4.76. The molecule has 1 aliphatic heterocycles. The molecular formula is C18H21N5O2. The molecule has 4 rings (SSSR count). The zero-order chi connectivity index (χ0) is 17.2. The van der Waals surface area contributed by atoms with Crippen molar-refractivity contribution in [3.63, 3.8) is 0 Å². The van der Waals surface area contributed by atoms with E-state index in [-0.39, 0.29) is 18.4 Å². The number of likely N-dealkylation sites (tertiary alicyclic amines) is 1. The van der Waals surface area contributed by atoms with Crippen molar-refractivity contribution in [1.29, 1.82) is 0 Å². The van der Waals surface area contributed by atoms with Gasteiger partial charge in [0, 0.05) is 50.3 Å². The maximum Gasteiger partial charge on any atom is 0.257 e. The second kappa shape index (κ2) is 6.78. The number of aliphatic hydroxyl groups excluding tert-OH is 1. The Kier molecular flexibility index (Phi) is 4.33. The van der Waals surface area contributed by atoms with Crippen molar-refractivity contribution in [3.8, 4) is 11.5 Å². The van der Waals surface area contributed by atoms with Gasteiger partial charge < -0.3 is 9.63 Å². The van der Waals surface area contributed by atoms with Gasteiger partial charge in [-0.15, -0.1) is 0 Å². The van der Waals surface area contributed by atoms with E-state index in [1.54, 1.807) is 4.68 Å². The van der Waals surface area contributed by atoms with E-state index in [0.717, 1.165) is 18.7 Å². The highest BCUT2D eigenvalue weighted by atomic mass is 16.5. The predicted molar refractivity (Wildman–Crippen MR) is 91.5 cm³/mol. The van der Waals surface area contributed by atoms with E-state index in [4.69, 9.17) is 4.52 Å². The van der Waals surface area contributed by atoms with E-state index < -0.39 is 0 Å². The minimum atomic E-state index is 0.164. The smallest absolute Gasteiger partial charge is 0.257 e. The van der Waals surface area contributed by atoms with E-state index in [0.29, 0.717) is 18.3 Å². The number of aryl methyl sites for hydroxylation is 1. The zero-order valence-corrected chi connectivity index (χ0v) is 14.1. The highest BCUT2D eigenvalue weighted by Crippen LogP contribution is 2.32. The molecular weight excluding hydrogens is 318 g/mol. The molecule has 1 N–H and O–H groups in total. The molecule has 3 aromatic rings. The Bertz CT molecular complexity index is 829. The summed E-state index contributed by atoms with van der Waals surface area (Å²) in [7, 11) is 1.91. The summed E-state index contributed by atoms with van der Waals surface area (Å²) >= 11 is 0. The molecule has 0 radical (unpaired) electrons. The van der Waals surface area contributed by atoms with Crippen LogP contribution in [-0.4, -0.2) is 49.6 Å². The molecule has 0 aliphatic carbocycles. The molecule has 0 saturated carbocycles. The summed E-state index contributed by atoms with van der Waals surface area (Å²) in [5, 5.41) is 18.1. The second-order valence-electron chi connectivity index (χ2n) is 6.57. The largest absolute Gasteiger partial charge is 0.396 e. The van der Waals surface area contributed by atoms with Gasteiger partial charge in [-0.2, -0.15) is 10.1 Å². The lowest BCUT2D eigenvalue weighted by molar-refractivity contribution is 0.212. The summed E-state index contributed by atoms with van der Waals surface area (Å²) in [4.78, 5) is 6.76. The minimum Gasteiger partial charge on any atom is -0.396 e. The number of hydrogen-bond acceptors (Lipinski definition) is 6. The lowest BCUT2D eigenvalue weighted by atomic mass is 9.92. The lowest BCUT2D eigenvalue weighted by Gasteiger charge is -2.13. The summed E-state index contributed by atoms with van der Waals surface area (Å²) in [6.07, 6.45) is 3.91. The number of rotatable bonds is 5. The molecule has 0 unspecified atom stereocenters. The highest BCUT2D eigenvalue weighted by molar-refractivity contribution is 5.51. The molecule has 0 bridgehead atoms. The van der Waals surface area contributed by atoms with E-state index in [9.17, 15) is 5.11 Å². The van der Waals surface area contributed by atoms with Gasteiger partial charge in [-0.25, -0.2) is 0 Å². The van der Waals surface area contributed by atoms with Gasteiger partial charge >= 0.3 is 0 Å². The topological polar surface area (TPSA) is 80.2 Å².